The van der Waals surface area contributed by atoms with Crippen molar-refractivity contribution in [2.24, 2.45) is 11.8 Å². The molecule has 2 N–H and O–H groups in total. The van der Waals surface area contributed by atoms with Crippen molar-refractivity contribution in [2.45, 2.75) is 25.7 Å². The van der Waals surface area contributed by atoms with Crippen LogP contribution in [0, 0.1) is 11.8 Å². The third-order valence-corrected chi connectivity index (χ3v) is 6.20. The molecule has 0 radical (unpaired) electrons. The molecule has 1 aromatic heterocycles. The van der Waals surface area contributed by atoms with Gasteiger partial charge >= 0.3 is 5.97 Å². The molecule has 6 heteroatoms. The third-order valence-electron chi connectivity index (χ3n) is 5.44. The fraction of sp³-hybridized carbons (Fsp3) is 0.261. The van der Waals surface area contributed by atoms with E-state index in [1.165, 1.54) is 11.3 Å². The summed E-state index contributed by atoms with van der Waals surface area (Å²) in [5.74, 6) is -2.21. The Bertz CT molecular complexity index is 998. The number of hydrogen-bond acceptors (Lipinski definition) is 4. The number of benzene rings is 2. The molecule has 1 amide bonds. The van der Waals surface area contributed by atoms with Crippen LogP contribution in [0.3, 0.4) is 0 Å². The SMILES string of the molecule is O=C(Nc1nc(-c2ccc(-c3ccccc3)cc2)cs1)[C@H]1CCCC[C@H]1C(=O)O. The van der Waals surface area contributed by atoms with Gasteiger partial charge in [0.1, 0.15) is 0 Å². The highest BCUT2D eigenvalue weighted by molar-refractivity contribution is 7.14. The van der Waals surface area contributed by atoms with Crippen LogP contribution in [0.2, 0.25) is 0 Å². The number of hydrogen-bond donors (Lipinski definition) is 2. The predicted octanol–water partition coefficient (Wildman–Crippen LogP) is 5.31. The molecule has 29 heavy (non-hydrogen) atoms. The fourth-order valence-electron chi connectivity index (χ4n) is 3.87. The van der Waals surface area contributed by atoms with Crippen LogP contribution in [0.25, 0.3) is 22.4 Å². The molecule has 4 rings (SSSR count). The van der Waals surface area contributed by atoms with Crippen LogP contribution in [0.4, 0.5) is 5.13 Å². The number of thiazole rings is 1. The summed E-state index contributed by atoms with van der Waals surface area (Å²) in [5, 5.41) is 14.6. The average molecular weight is 407 g/mol. The van der Waals surface area contributed by atoms with Crippen molar-refractivity contribution in [1.82, 2.24) is 4.98 Å². The molecule has 0 unspecified atom stereocenters. The lowest BCUT2D eigenvalue weighted by molar-refractivity contribution is -0.147. The second-order valence-electron chi connectivity index (χ2n) is 7.31. The van der Waals surface area contributed by atoms with E-state index < -0.39 is 17.8 Å². The predicted molar refractivity (Wildman–Crippen MR) is 115 cm³/mol. The Morgan fingerprint density at radius 3 is 2.21 bits per heavy atom. The molecule has 0 aliphatic heterocycles. The van der Waals surface area contributed by atoms with Crippen molar-refractivity contribution in [1.29, 1.82) is 0 Å². The zero-order valence-corrected chi connectivity index (χ0v) is 16.7. The molecule has 0 spiro atoms. The molecule has 1 aliphatic rings. The maximum absolute atomic E-state index is 12.6. The number of aliphatic carboxylic acids is 1. The highest BCUT2D eigenvalue weighted by atomic mass is 32.1. The number of carboxylic acid groups (broad SMARTS) is 1. The van der Waals surface area contributed by atoms with Gasteiger partial charge in [0.05, 0.1) is 17.5 Å². The maximum Gasteiger partial charge on any atom is 0.307 e. The minimum absolute atomic E-state index is 0.238. The molecule has 2 aromatic carbocycles. The Labute approximate surface area is 173 Å². The Morgan fingerprint density at radius 1 is 0.897 bits per heavy atom. The lowest BCUT2D eigenvalue weighted by Crippen LogP contribution is -2.36. The van der Waals surface area contributed by atoms with Gasteiger partial charge in [-0.3, -0.25) is 9.59 Å². The molecule has 3 aromatic rings. The van der Waals surface area contributed by atoms with Gasteiger partial charge in [0, 0.05) is 10.9 Å². The Morgan fingerprint density at radius 2 is 1.52 bits per heavy atom. The maximum atomic E-state index is 12.6. The number of carbonyl (C=O) groups is 2. The second kappa shape index (κ2) is 8.57. The van der Waals surface area contributed by atoms with E-state index in [2.05, 4.69) is 34.6 Å². The monoisotopic (exact) mass is 406 g/mol. The van der Waals surface area contributed by atoms with Gasteiger partial charge in [0.2, 0.25) is 5.91 Å². The molecule has 2 atom stereocenters. The lowest BCUT2D eigenvalue weighted by atomic mass is 9.79. The largest absolute Gasteiger partial charge is 0.481 e. The van der Waals surface area contributed by atoms with Crippen LogP contribution < -0.4 is 5.32 Å². The summed E-state index contributed by atoms with van der Waals surface area (Å²) in [5.41, 5.74) is 4.06. The zero-order valence-electron chi connectivity index (χ0n) is 15.9. The van der Waals surface area contributed by atoms with Crippen LogP contribution in [-0.2, 0) is 9.59 Å². The third kappa shape index (κ3) is 4.38. The molecule has 1 fully saturated rings. The van der Waals surface area contributed by atoms with Crippen LogP contribution >= 0.6 is 11.3 Å². The van der Waals surface area contributed by atoms with Gasteiger partial charge in [-0.2, -0.15) is 0 Å². The van der Waals surface area contributed by atoms with Crippen molar-refractivity contribution in [3.8, 4) is 22.4 Å². The standard InChI is InChI=1S/C23H22N2O3S/c26-21(18-8-4-5-9-19(18)22(27)28)25-23-24-20(14-29-23)17-12-10-16(11-13-17)15-6-2-1-3-7-15/h1-3,6-7,10-14,18-19H,4-5,8-9H2,(H,27,28)(H,24,25,26)/t18-,19+/m0/s1. The fourth-order valence-corrected chi connectivity index (χ4v) is 4.59. The summed E-state index contributed by atoms with van der Waals surface area (Å²) in [6.45, 7) is 0. The number of nitrogens with one attached hydrogen (secondary N) is 1. The van der Waals surface area contributed by atoms with Gasteiger partial charge in [-0.25, -0.2) is 4.98 Å². The Kier molecular flexibility index (Phi) is 5.71. The molecule has 0 saturated heterocycles. The van der Waals surface area contributed by atoms with Crippen LogP contribution in [0.1, 0.15) is 25.7 Å². The molecular weight excluding hydrogens is 384 g/mol. The van der Waals surface area contributed by atoms with E-state index in [0.29, 0.717) is 18.0 Å². The van der Waals surface area contributed by atoms with Gasteiger partial charge in [-0.05, 0) is 24.0 Å². The number of aromatic nitrogens is 1. The summed E-state index contributed by atoms with van der Waals surface area (Å²) in [4.78, 5) is 28.6. The van der Waals surface area contributed by atoms with Gasteiger partial charge in [0.15, 0.2) is 5.13 Å². The van der Waals surface area contributed by atoms with E-state index >= 15 is 0 Å². The molecule has 5 nitrogen and oxygen atoms in total. The van der Waals surface area contributed by atoms with E-state index in [0.717, 1.165) is 35.2 Å². The topological polar surface area (TPSA) is 79.3 Å². The first-order valence-corrected chi connectivity index (χ1v) is 10.6. The van der Waals surface area contributed by atoms with Crippen LogP contribution in [-0.4, -0.2) is 22.0 Å². The highest BCUT2D eigenvalue weighted by Crippen LogP contribution is 2.32. The smallest absolute Gasteiger partial charge is 0.307 e. The summed E-state index contributed by atoms with van der Waals surface area (Å²) >= 11 is 1.36. The van der Waals surface area contributed by atoms with Gasteiger partial charge in [-0.1, -0.05) is 67.4 Å². The van der Waals surface area contributed by atoms with Crippen molar-refractivity contribution in [3.63, 3.8) is 0 Å². The zero-order chi connectivity index (χ0) is 20.2. The number of nitrogens with zero attached hydrogens (tertiary/aromatic N) is 1. The van der Waals surface area contributed by atoms with E-state index in [1.54, 1.807) is 0 Å². The normalized spacial score (nSPS) is 18.9. The molecular formula is C23H22N2O3S. The Hall–Kier alpha value is -2.99. The number of carbonyl (C=O) groups excluding carboxylic acids is 1. The lowest BCUT2D eigenvalue weighted by Gasteiger charge is -2.26. The van der Waals surface area contributed by atoms with Crippen molar-refractivity contribution in [2.75, 3.05) is 5.32 Å². The van der Waals surface area contributed by atoms with Crippen molar-refractivity contribution >= 4 is 28.3 Å². The van der Waals surface area contributed by atoms with E-state index in [1.807, 2.05) is 35.7 Å². The van der Waals surface area contributed by atoms with E-state index in [4.69, 9.17) is 0 Å². The molecule has 1 aliphatic carbocycles. The number of carboxylic acids is 1. The number of rotatable bonds is 5. The first-order valence-electron chi connectivity index (χ1n) is 9.77. The quantitative estimate of drug-likeness (QED) is 0.602. The van der Waals surface area contributed by atoms with Crippen LogP contribution in [0.15, 0.2) is 60.0 Å². The van der Waals surface area contributed by atoms with E-state index in [9.17, 15) is 14.7 Å². The minimum atomic E-state index is -0.886. The van der Waals surface area contributed by atoms with Gasteiger partial charge in [0.25, 0.3) is 0 Å². The second-order valence-corrected chi connectivity index (χ2v) is 8.16. The first-order chi connectivity index (χ1) is 14.1. The van der Waals surface area contributed by atoms with Gasteiger partial charge in [-0.15, -0.1) is 11.3 Å². The number of anilines is 1. The van der Waals surface area contributed by atoms with Crippen LogP contribution in [0.5, 0.6) is 0 Å². The summed E-state index contributed by atoms with van der Waals surface area (Å²) in [6.07, 6.45) is 2.92. The summed E-state index contributed by atoms with van der Waals surface area (Å²) < 4.78 is 0. The molecule has 148 valence electrons. The highest BCUT2D eigenvalue weighted by Gasteiger charge is 2.35. The van der Waals surface area contributed by atoms with E-state index in [-0.39, 0.29) is 5.91 Å². The van der Waals surface area contributed by atoms with Gasteiger partial charge < -0.3 is 10.4 Å². The summed E-state index contributed by atoms with van der Waals surface area (Å²) in [7, 11) is 0. The van der Waals surface area contributed by atoms with Crippen molar-refractivity contribution in [3.05, 3.63) is 60.0 Å². The summed E-state index contributed by atoms with van der Waals surface area (Å²) in [6, 6.07) is 18.3. The molecule has 0 bridgehead atoms. The molecule has 1 heterocycles. The first kappa shape index (κ1) is 19.3. The minimum Gasteiger partial charge on any atom is -0.481 e. The number of amides is 1. The average Bonchev–Trinajstić information content (AvgIpc) is 3.23. The molecule has 1 saturated carbocycles. The Balaban J connectivity index is 1.45. The van der Waals surface area contributed by atoms with Crippen molar-refractivity contribution < 1.29 is 14.7 Å².